The van der Waals surface area contributed by atoms with E-state index in [1.165, 1.54) is 0 Å². The minimum absolute atomic E-state index is 0.190. The smallest absolute Gasteiger partial charge is 0.173 e. The van der Waals surface area contributed by atoms with Crippen LogP contribution in [0.1, 0.15) is 41.1 Å². The van der Waals surface area contributed by atoms with Crippen LogP contribution < -0.4 is 14.2 Å². The van der Waals surface area contributed by atoms with Gasteiger partial charge in [0.05, 0.1) is 34.0 Å². The molecule has 1 N–H and O–H groups in total. The molecular formula is C33H37NO6. The predicted octanol–water partition coefficient (Wildman–Crippen LogP) is 5.77. The van der Waals surface area contributed by atoms with Gasteiger partial charge in [-0.3, -0.25) is 4.90 Å². The summed E-state index contributed by atoms with van der Waals surface area (Å²) < 4.78 is 28.5. The van der Waals surface area contributed by atoms with Crippen molar-refractivity contribution in [3.63, 3.8) is 0 Å². The van der Waals surface area contributed by atoms with Gasteiger partial charge in [0.15, 0.2) is 5.60 Å². The summed E-state index contributed by atoms with van der Waals surface area (Å²) in [5, 5.41) is 12.3. The maximum atomic E-state index is 12.3. The van der Waals surface area contributed by atoms with Crippen LogP contribution in [-0.2, 0) is 23.4 Å². The minimum atomic E-state index is -1.51. The highest BCUT2D eigenvalue weighted by Gasteiger charge is 2.37. The van der Waals surface area contributed by atoms with E-state index < -0.39 is 5.60 Å². The zero-order valence-corrected chi connectivity index (χ0v) is 23.3. The minimum Gasteiger partial charge on any atom is -0.497 e. The number of ether oxygens (including phenoxy) is 4. The molecule has 1 aromatic heterocycles. The van der Waals surface area contributed by atoms with Crippen molar-refractivity contribution in [1.29, 1.82) is 0 Å². The molecule has 1 fully saturated rings. The zero-order chi connectivity index (χ0) is 28.0. The van der Waals surface area contributed by atoms with Crippen molar-refractivity contribution < 1.29 is 28.5 Å². The maximum Gasteiger partial charge on any atom is 0.173 e. The molecule has 210 valence electrons. The summed E-state index contributed by atoms with van der Waals surface area (Å²) in [4.78, 5) is 2.33. The van der Waals surface area contributed by atoms with Crippen LogP contribution in [0.5, 0.6) is 17.2 Å². The lowest BCUT2D eigenvalue weighted by Gasteiger charge is -2.28. The Balaban J connectivity index is 1.45. The molecule has 2 heterocycles. The molecule has 0 radical (unpaired) electrons. The third-order valence-electron chi connectivity index (χ3n) is 7.44. The van der Waals surface area contributed by atoms with E-state index in [2.05, 4.69) is 17.0 Å². The fourth-order valence-electron chi connectivity index (χ4n) is 5.28. The Morgan fingerprint density at radius 1 is 0.800 bits per heavy atom. The monoisotopic (exact) mass is 543 g/mol. The van der Waals surface area contributed by atoms with Gasteiger partial charge in [0.25, 0.3) is 0 Å². The summed E-state index contributed by atoms with van der Waals surface area (Å²) in [6, 6.07) is 26.7. The third kappa shape index (κ3) is 6.17. The Hall–Kier alpha value is -3.78. The number of methoxy groups -OCH3 is 3. The molecule has 0 saturated carbocycles. The summed E-state index contributed by atoms with van der Waals surface area (Å²) in [5.74, 6) is 3.46. The summed E-state index contributed by atoms with van der Waals surface area (Å²) in [7, 11) is 4.93. The van der Waals surface area contributed by atoms with Gasteiger partial charge in [-0.05, 0) is 78.1 Å². The van der Waals surface area contributed by atoms with E-state index in [4.69, 9.17) is 23.4 Å². The molecule has 7 heteroatoms. The molecule has 4 aromatic rings. The Morgan fingerprint density at radius 3 is 2.02 bits per heavy atom. The highest BCUT2D eigenvalue weighted by atomic mass is 16.5. The van der Waals surface area contributed by atoms with E-state index in [1.807, 2.05) is 72.8 Å². The van der Waals surface area contributed by atoms with Crippen LogP contribution in [0.4, 0.5) is 0 Å². The Bertz CT molecular complexity index is 1310. The lowest BCUT2D eigenvalue weighted by atomic mass is 9.84. The first-order chi connectivity index (χ1) is 19.5. The van der Waals surface area contributed by atoms with Crippen LogP contribution in [-0.4, -0.2) is 50.6 Å². The largest absolute Gasteiger partial charge is 0.497 e. The lowest BCUT2D eigenvalue weighted by molar-refractivity contribution is 0.0629. The van der Waals surface area contributed by atoms with Gasteiger partial charge in [-0.25, -0.2) is 0 Å². The van der Waals surface area contributed by atoms with Crippen molar-refractivity contribution in [2.75, 3.05) is 34.5 Å². The second kappa shape index (κ2) is 12.6. The molecule has 0 aliphatic carbocycles. The number of aliphatic hydroxyl groups is 1. The molecule has 1 aliphatic heterocycles. The topological polar surface area (TPSA) is 73.5 Å². The molecule has 40 heavy (non-hydrogen) atoms. The van der Waals surface area contributed by atoms with Gasteiger partial charge in [0.2, 0.25) is 0 Å². The van der Waals surface area contributed by atoms with E-state index in [0.717, 1.165) is 43.1 Å². The molecule has 0 spiro atoms. The third-order valence-corrected chi connectivity index (χ3v) is 7.44. The maximum absolute atomic E-state index is 12.3. The predicted molar refractivity (Wildman–Crippen MR) is 153 cm³/mol. The van der Waals surface area contributed by atoms with E-state index in [0.29, 0.717) is 41.5 Å². The van der Waals surface area contributed by atoms with Gasteiger partial charge in [-0.2, -0.15) is 0 Å². The summed E-state index contributed by atoms with van der Waals surface area (Å²) >= 11 is 0. The summed E-state index contributed by atoms with van der Waals surface area (Å²) in [5.41, 5.74) is 0.985. The molecule has 1 saturated heterocycles. The quantitative estimate of drug-likeness (QED) is 0.243. The Kier molecular flexibility index (Phi) is 8.75. The average molecular weight is 544 g/mol. The van der Waals surface area contributed by atoms with Crippen molar-refractivity contribution >= 4 is 0 Å². The van der Waals surface area contributed by atoms with Crippen LogP contribution in [0.25, 0.3) is 0 Å². The number of hydrogen-bond donors (Lipinski definition) is 1. The Morgan fingerprint density at radius 2 is 1.45 bits per heavy atom. The van der Waals surface area contributed by atoms with Gasteiger partial charge >= 0.3 is 0 Å². The fourth-order valence-corrected chi connectivity index (χ4v) is 5.28. The van der Waals surface area contributed by atoms with Crippen molar-refractivity contribution in [3.05, 3.63) is 113 Å². The van der Waals surface area contributed by atoms with Gasteiger partial charge in [-0.1, -0.05) is 36.4 Å². The van der Waals surface area contributed by atoms with E-state index >= 15 is 0 Å². The van der Waals surface area contributed by atoms with Gasteiger partial charge in [-0.15, -0.1) is 0 Å². The van der Waals surface area contributed by atoms with Gasteiger partial charge < -0.3 is 28.5 Å². The first-order valence-electron chi connectivity index (χ1n) is 13.6. The number of hydrogen-bond acceptors (Lipinski definition) is 7. The number of nitrogens with zero attached hydrogens (tertiary/aromatic N) is 1. The van der Waals surface area contributed by atoms with Crippen molar-refractivity contribution in [1.82, 2.24) is 4.90 Å². The number of furan rings is 1. The second-order valence-electron chi connectivity index (χ2n) is 10.1. The van der Waals surface area contributed by atoms with Gasteiger partial charge in [0.1, 0.15) is 28.8 Å². The van der Waals surface area contributed by atoms with E-state index in [-0.39, 0.29) is 6.10 Å². The second-order valence-corrected chi connectivity index (χ2v) is 10.1. The number of benzene rings is 3. The molecule has 1 unspecified atom stereocenters. The van der Waals surface area contributed by atoms with Crippen LogP contribution >= 0.6 is 0 Å². The van der Waals surface area contributed by atoms with Crippen LogP contribution in [0.15, 0.2) is 89.3 Å². The van der Waals surface area contributed by atoms with E-state index in [1.54, 1.807) is 21.3 Å². The Labute approximate surface area is 235 Å². The van der Waals surface area contributed by atoms with Crippen LogP contribution in [0, 0.1) is 0 Å². The first kappa shape index (κ1) is 27.8. The van der Waals surface area contributed by atoms with Gasteiger partial charge in [0, 0.05) is 19.7 Å². The molecule has 1 aliphatic rings. The van der Waals surface area contributed by atoms with E-state index in [9.17, 15) is 5.11 Å². The average Bonchev–Trinajstić information content (AvgIpc) is 3.70. The molecule has 3 aromatic carbocycles. The molecule has 5 rings (SSSR count). The van der Waals surface area contributed by atoms with Crippen molar-refractivity contribution in [3.8, 4) is 17.2 Å². The number of rotatable bonds is 12. The first-order valence-corrected chi connectivity index (χ1v) is 13.6. The fraction of sp³-hybridized carbons (Fsp3) is 0.333. The van der Waals surface area contributed by atoms with Crippen molar-refractivity contribution in [2.45, 2.75) is 37.6 Å². The summed E-state index contributed by atoms with van der Waals surface area (Å²) in [6.07, 6.45) is 2.32. The molecular weight excluding hydrogens is 506 g/mol. The molecule has 0 amide bonds. The highest BCUT2D eigenvalue weighted by Crippen LogP contribution is 2.39. The summed E-state index contributed by atoms with van der Waals surface area (Å²) in [6.45, 7) is 2.88. The molecule has 1 atom stereocenters. The van der Waals surface area contributed by atoms with Crippen LogP contribution in [0.3, 0.4) is 0 Å². The normalized spacial score (nSPS) is 15.4. The standard InChI is InChI=1S/C33H37NO6/c1-36-27-13-9-25(10-14-27)33(35,26-11-15-28(37-2)16-12-26)32-18-17-31(40-32)23-34(22-30-8-5-19-39-30)21-24-6-4-7-29(20-24)38-3/h4,6-7,9-18,20,30,35H,5,8,19,21-23H2,1-3H3. The zero-order valence-electron chi connectivity index (χ0n) is 23.3. The van der Waals surface area contributed by atoms with Crippen molar-refractivity contribution in [2.24, 2.45) is 0 Å². The SMILES string of the molecule is COc1ccc(C(O)(c2ccc(OC)cc2)c2ccc(CN(Cc3cccc(OC)c3)CC3CCCO3)o2)cc1. The molecule has 0 bridgehead atoms. The van der Waals surface area contributed by atoms with Crippen LogP contribution in [0.2, 0.25) is 0 Å². The lowest BCUT2D eigenvalue weighted by Crippen LogP contribution is -2.31. The molecule has 7 nitrogen and oxygen atoms in total. The highest BCUT2D eigenvalue weighted by molar-refractivity contribution is 5.46.